The summed E-state index contributed by atoms with van der Waals surface area (Å²) in [5.74, 6) is 0.602. The maximum absolute atomic E-state index is 12.5. The van der Waals surface area contributed by atoms with Crippen molar-refractivity contribution in [3.63, 3.8) is 0 Å². The number of halogens is 3. The van der Waals surface area contributed by atoms with Crippen LogP contribution in [0.3, 0.4) is 0 Å². The van der Waals surface area contributed by atoms with E-state index in [9.17, 15) is 13.2 Å². The molecule has 0 unspecified atom stereocenters. The molecule has 0 amide bonds. The van der Waals surface area contributed by atoms with Crippen LogP contribution < -0.4 is 4.74 Å². The molecule has 0 heterocycles. The third kappa shape index (κ3) is 3.54. The zero-order chi connectivity index (χ0) is 13.9. The zero-order valence-corrected chi connectivity index (χ0v) is 10.5. The van der Waals surface area contributed by atoms with Crippen molar-refractivity contribution < 1.29 is 17.9 Å². The average Bonchev–Trinajstić information content (AvgIpc) is 2.39. The van der Waals surface area contributed by atoms with Crippen molar-refractivity contribution in [3.8, 4) is 11.5 Å². The minimum atomic E-state index is -4.37. The van der Waals surface area contributed by atoms with E-state index >= 15 is 0 Å². The number of alkyl halides is 3. The molecule has 0 aliphatic heterocycles. The van der Waals surface area contributed by atoms with Gasteiger partial charge in [0.05, 0.1) is 5.56 Å². The molecule has 0 fully saturated rings. The second-order valence-corrected chi connectivity index (χ2v) is 4.05. The van der Waals surface area contributed by atoms with Gasteiger partial charge in [0.1, 0.15) is 11.5 Å². The van der Waals surface area contributed by atoms with Gasteiger partial charge in [-0.15, -0.1) is 0 Å². The van der Waals surface area contributed by atoms with Crippen LogP contribution in [0.2, 0.25) is 0 Å². The molecular weight excluding hydrogens is 273 g/mol. The Labute approximate surface area is 113 Å². The fourth-order valence-corrected chi connectivity index (χ4v) is 1.64. The van der Waals surface area contributed by atoms with Gasteiger partial charge in [-0.1, -0.05) is 30.4 Å². The van der Waals surface area contributed by atoms with E-state index in [0.717, 1.165) is 17.7 Å². The summed E-state index contributed by atoms with van der Waals surface area (Å²) in [5.41, 5.74) is 0.104. The van der Waals surface area contributed by atoms with Gasteiger partial charge in [-0.3, -0.25) is 0 Å². The van der Waals surface area contributed by atoms with Crippen molar-refractivity contribution in [2.45, 2.75) is 6.18 Å². The second-order valence-electron chi connectivity index (χ2n) is 3.81. The van der Waals surface area contributed by atoms with Gasteiger partial charge in [-0.25, -0.2) is 0 Å². The van der Waals surface area contributed by atoms with Crippen LogP contribution >= 0.6 is 12.2 Å². The van der Waals surface area contributed by atoms with Gasteiger partial charge in [-0.05, 0) is 35.9 Å². The van der Waals surface area contributed by atoms with Crippen LogP contribution in [-0.4, -0.2) is 5.37 Å². The smallest absolute Gasteiger partial charge is 0.416 e. The van der Waals surface area contributed by atoms with Crippen LogP contribution in [0.4, 0.5) is 13.2 Å². The lowest BCUT2D eigenvalue weighted by Gasteiger charge is -2.10. The highest BCUT2D eigenvalue weighted by Crippen LogP contribution is 2.32. The van der Waals surface area contributed by atoms with Crippen molar-refractivity contribution in [3.05, 3.63) is 59.7 Å². The molecule has 0 saturated heterocycles. The number of hydrogen-bond acceptors (Lipinski definition) is 2. The molecule has 2 aromatic carbocycles. The van der Waals surface area contributed by atoms with E-state index in [-0.39, 0.29) is 5.75 Å². The molecule has 0 aliphatic carbocycles. The quantitative estimate of drug-likeness (QED) is 0.744. The van der Waals surface area contributed by atoms with Crippen LogP contribution in [0.15, 0.2) is 48.5 Å². The third-order valence-electron chi connectivity index (χ3n) is 2.41. The van der Waals surface area contributed by atoms with E-state index in [1.54, 1.807) is 24.3 Å². The highest BCUT2D eigenvalue weighted by atomic mass is 32.1. The molecule has 0 radical (unpaired) electrons. The standard InChI is InChI=1S/C14H9F3OS/c15-14(16,17)11-2-1-3-13(8-11)18-12-6-4-10(9-19)5-7-12/h1-9H. The fraction of sp³-hybridized carbons (Fsp3) is 0.0714. The molecule has 1 nitrogen and oxygen atoms in total. The van der Waals surface area contributed by atoms with Crippen LogP contribution in [0, 0.1) is 0 Å². The summed E-state index contributed by atoms with van der Waals surface area (Å²) in [6.07, 6.45) is -4.37. The van der Waals surface area contributed by atoms with Gasteiger partial charge in [0.2, 0.25) is 0 Å². The Balaban J connectivity index is 2.20. The minimum absolute atomic E-state index is 0.143. The largest absolute Gasteiger partial charge is 0.457 e. The fourth-order valence-electron chi connectivity index (χ4n) is 1.49. The molecule has 0 bridgehead atoms. The maximum atomic E-state index is 12.5. The first kappa shape index (κ1) is 13.5. The molecule has 0 saturated carbocycles. The zero-order valence-electron chi connectivity index (χ0n) is 9.65. The van der Waals surface area contributed by atoms with Crippen molar-refractivity contribution in [2.24, 2.45) is 0 Å². The summed E-state index contributed by atoms with van der Waals surface area (Å²) < 4.78 is 43.0. The van der Waals surface area contributed by atoms with Gasteiger partial charge >= 0.3 is 6.18 Å². The molecule has 0 aliphatic rings. The van der Waals surface area contributed by atoms with Gasteiger partial charge in [-0.2, -0.15) is 13.2 Å². The lowest BCUT2D eigenvalue weighted by atomic mass is 10.2. The summed E-state index contributed by atoms with van der Waals surface area (Å²) in [6.45, 7) is 0. The second kappa shape index (κ2) is 5.40. The van der Waals surface area contributed by atoms with Gasteiger partial charge in [0, 0.05) is 5.37 Å². The lowest BCUT2D eigenvalue weighted by molar-refractivity contribution is -0.137. The maximum Gasteiger partial charge on any atom is 0.416 e. The monoisotopic (exact) mass is 282 g/mol. The molecule has 2 rings (SSSR count). The topological polar surface area (TPSA) is 9.23 Å². The van der Waals surface area contributed by atoms with Crippen LogP contribution in [0.5, 0.6) is 11.5 Å². The first-order valence-corrected chi connectivity index (χ1v) is 5.86. The van der Waals surface area contributed by atoms with E-state index < -0.39 is 11.7 Å². The van der Waals surface area contributed by atoms with Crippen LogP contribution in [0.1, 0.15) is 11.1 Å². The van der Waals surface area contributed by atoms with Gasteiger partial charge in [0.15, 0.2) is 0 Å². The average molecular weight is 282 g/mol. The predicted octanol–water partition coefficient (Wildman–Crippen LogP) is 4.85. The molecule has 5 heteroatoms. The van der Waals surface area contributed by atoms with Crippen molar-refractivity contribution in [1.82, 2.24) is 0 Å². The highest BCUT2D eigenvalue weighted by molar-refractivity contribution is 7.79. The van der Waals surface area contributed by atoms with E-state index in [2.05, 4.69) is 0 Å². The lowest BCUT2D eigenvalue weighted by Crippen LogP contribution is -2.04. The SMILES string of the molecule is FC(F)(F)c1cccc(Oc2ccc(C=S)cc2)c1. The number of ether oxygens (including phenoxy) is 1. The first-order chi connectivity index (χ1) is 8.99. The summed E-state index contributed by atoms with van der Waals surface area (Å²) in [6, 6.07) is 11.5. The Morgan fingerprint density at radius 3 is 2.21 bits per heavy atom. The number of hydrogen-bond donors (Lipinski definition) is 0. The molecule has 2 aromatic rings. The van der Waals surface area contributed by atoms with E-state index in [1.165, 1.54) is 17.5 Å². The first-order valence-electron chi connectivity index (χ1n) is 5.39. The van der Waals surface area contributed by atoms with Crippen molar-refractivity contribution >= 4 is 17.6 Å². The van der Waals surface area contributed by atoms with Crippen LogP contribution in [0.25, 0.3) is 0 Å². The van der Waals surface area contributed by atoms with E-state index in [1.807, 2.05) is 0 Å². The Bertz CT molecular complexity index is 576. The van der Waals surface area contributed by atoms with E-state index in [4.69, 9.17) is 17.0 Å². The predicted molar refractivity (Wildman–Crippen MR) is 70.7 cm³/mol. The molecule has 0 atom stereocenters. The molecule has 0 N–H and O–H groups in total. The van der Waals surface area contributed by atoms with E-state index in [0.29, 0.717) is 5.75 Å². The van der Waals surface area contributed by atoms with Crippen molar-refractivity contribution in [2.75, 3.05) is 0 Å². The van der Waals surface area contributed by atoms with Gasteiger partial charge < -0.3 is 4.74 Å². The number of rotatable bonds is 3. The highest BCUT2D eigenvalue weighted by Gasteiger charge is 2.30. The third-order valence-corrected chi connectivity index (χ3v) is 2.69. The molecule has 0 spiro atoms. The normalized spacial score (nSPS) is 11.1. The molecular formula is C14H9F3OS. The Kier molecular flexibility index (Phi) is 3.85. The van der Waals surface area contributed by atoms with Crippen LogP contribution in [-0.2, 0) is 6.18 Å². The minimum Gasteiger partial charge on any atom is -0.457 e. The number of benzene rings is 2. The summed E-state index contributed by atoms with van der Waals surface area (Å²) in [4.78, 5) is 0. The summed E-state index contributed by atoms with van der Waals surface area (Å²) in [7, 11) is 0. The van der Waals surface area contributed by atoms with Gasteiger partial charge in [0.25, 0.3) is 0 Å². The van der Waals surface area contributed by atoms with Crippen molar-refractivity contribution in [1.29, 1.82) is 0 Å². The Hall–Kier alpha value is -1.88. The molecule has 98 valence electrons. The summed E-state index contributed by atoms with van der Waals surface area (Å²) >= 11 is 4.76. The number of thiocarbonyl (C=S) groups is 1. The Morgan fingerprint density at radius 1 is 0.947 bits per heavy atom. The molecule has 19 heavy (non-hydrogen) atoms. The molecule has 0 aromatic heterocycles. The Morgan fingerprint density at radius 2 is 1.63 bits per heavy atom. The summed E-state index contributed by atoms with van der Waals surface area (Å²) in [5, 5.41) is 1.51.